The van der Waals surface area contributed by atoms with E-state index in [9.17, 15) is 14.4 Å². The molecular formula is C25H32N8O3. The Morgan fingerprint density at radius 3 is 2.64 bits per heavy atom. The van der Waals surface area contributed by atoms with Crippen LogP contribution in [0.1, 0.15) is 56.2 Å². The van der Waals surface area contributed by atoms with Crippen LogP contribution in [0.4, 0.5) is 4.79 Å². The zero-order valence-electron chi connectivity index (χ0n) is 20.2. The van der Waals surface area contributed by atoms with Crippen molar-refractivity contribution in [3.8, 4) is 0 Å². The quantitative estimate of drug-likeness (QED) is 0.501. The summed E-state index contributed by atoms with van der Waals surface area (Å²) in [5.74, 6) is 0.787. The van der Waals surface area contributed by atoms with Gasteiger partial charge in [-0.2, -0.15) is 5.10 Å². The van der Waals surface area contributed by atoms with E-state index >= 15 is 0 Å². The highest BCUT2D eigenvalue weighted by Crippen LogP contribution is 2.33. The van der Waals surface area contributed by atoms with Gasteiger partial charge < -0.3 is 15.1 Å². The minimum absolute atomic E-state index is 0.00297. The van der Waals surface area contributed by atoms with Crippen LogP contribution in [0.2, 0.25) is 0 Å². The number of amides is 3. The highest BCUT2D eigenvalue weighted by atomic mass is 16.2. The molecular weight excluding hydrogens is 460 g/mol. The van der Waals surface area contributed by atoms with E-state index in [-0.39, 0.29) is 29.6 Å². The molecule has 11 heteroatoms. The Morgan fingerprint density at radius 1 is 1.06 bits per heavy atom. The van der Waals surface area contributed by atoms with Crippen LogP contribution in [0.15, 0.2) is 35.4 Å². The van der Waals surface area contributed by atoms with Gasteiger partial charge in [0.05, 0.1) is 5.52 Å². The molecule has 0 unspecified atom stereocenters. The molecule has 3 aromatic heterocycles. The van der Waals surface area contributed by atoms with E-state index < -0.39 is 6.04 Å². The zero-order chi connectivity index (χ0) is 24.6. The summed E-state index contributed by atoms with van der Waals surface area (Å²) in [6.07, 6.45) is 8.49. The molecule has 190 valence electrons. The Kier molecular flexibility index (Phi) is 5.98. The molecule has 1 aliphatic carbocycles. The SMILES string of the molecule is O=C(N[C@@H]1CC[C@@H](c2ccn[nH]2)CN(CC2CC2)C1=O)N1CCC(n2c(=O)[nH]c3ncccc32)CC1. The van der Waals surface area contributed by atoms with Crippen LogP contribution < -0.4 is 11.0 Å². The van der Waals surface area contributed by atoms with E-state index in [1.54, 1.807) is 21.9 Å². The molecule has 2 atom stereocenters. The standard InChI is InChI=1S/C25H32N8O3/c34-23-20(6-5-17(19-7-11-27-30-19)15-32(23)14-16-3-4-16)28-24(35)31-12-8-18(9-13-31)33-21-2-1-10-26-22(21)29-25(33)36/h1-2,7,10-11,16-18,20H,3-6,8-9,12-15H2,(H,27,30)(H,28,35)(H,26,29,36)/t17-,20-/m1/s1. The summed E-state index contributed by atoms with van der Waals surface area (Å²) in [6, 6.07) is 4.96. The maximum Gasteiger partial charge on any atom is 0.327 e. The number of piperidine rings is 1. The van der Waals surface area contributed by atoms with Crippen LogP contribution in [-0.2, 0) is 4.79 Å². The van der Waals surface area contributed by atoms with E-state index in [2.05, 4.69) is 25.5 Å². The van der Waals surface area contributed by atoms with E-state index in [0.29, 0.717) is 50.5 Å². The Hall–Kier alpha value is -3.63. The fraction of sp³-hybridized carbons (Fsp3) is 0.560. The molecule has 0 aromatic carbocycles. The highest BCUT2D eigenvalue weighted by molar-refractivity contribution is 5.87. The molecule has 1 saturated carbocycles. The number of urea groups is 1. The van der Waals surface area contributed by atoms with Crippen molar-refractivity contribution in [3.05, 3.63) is 46.8 Å². The molecule has 36 heavy (non-hydrogen) atoms. The molecule has 2 aliphatic heterocycles. The van der Waals surface area contributed by atoms with Crippen LogP contribution in [0, 0.1) is 5.92 Å². The summed E-state index contributed by atoms with van der Waals surface area (Å²) in [5.41, 5.74) is 2.24. The number of H-pyrrole nitrogens is 2. The van der Waals surface area contributed by atoms with Gasteiger partial charge in [-0.3, -0.25) is 19.4 Å². The maximum atomic E-state index is 13.4. The molecule has 11 nitrogen and oxygen atoms in total. The van der Waals surface area contributed by atoms with Crippen molar-refractivity contribution in [3.63, 3.8) is 0 Å². The lowest BCUT2D eigenvalue weighted by molar-refractivity contribution is -0.133. The lowest BCUT2D eigenvalue weighted by Gasteiger charge is -2.34. The van der Waals surface area contributed by atoms with Gasteiger partial charge in [-0.05, 0) is 62.6 Å². The molecule has 5 heterocycles. The van der Waals surface area contributed by atoms with Crippen molar-refractivity contribution in [1.29, 1.82) is 0 Å². The van der Waals surface area contributed by atoms with Gasteiger partial charge in [0.2, 0.25) is 5.91 Å². The van der Waals surface area contributed by atoms with Crippen molar-refractivity contribution in [2.24, 2.45) is 5.92 Å². The first-order chi connectivity index (χ1) is 17.6. The van der Waals surface area contributed by atoms with Crippen LogP contribution >= 0.6 is 0 Å². The Labute approximate surface area is 208 Å². The molecule has 2 saturated heterocycles. The van der Waals surface area contributed by atoms with Gasteiger partial charge in [-0.1, -0.05) is 0 Å². The minimum Gasteiger partial charge on any atom is -0.340 e. The number of nitrogens with zero attached hydrogens (tertiary/aromatic N) is 5. The second-order valence-corrected chi connectivity index (χ2v) is 10.4. The molecule has 3 fully saturated rings. The lowest BCUT2D eigenvalue weighted by atomic mass is 9.98. The third kappa shape index (κ3) is 4.49. The van der Waals surface area contributed by atoms with Gasteiger partial charge in [0, 0.05) is 56.2 Å². The Balaban J connectivity index is 1.10. The summed E-state index contributed by atoms with van der Waals surface area (Å²) in [7, 11) is 0. The summed E-state index contributed by atoms with van der Waals surface area (Å²) in [6.45, 7) is 2.47. The summed E-state index contributed by atoms with van der Waals surface area (Å²) in [5, 5.41) is 10.2. The van der Waals surface area contributed by atoms with Crippen LogP contribution in [0.25, 0.3) is 11.2 Å². The molecule has 0 bridgehead atoms. The van der Waals surface area contributed by atoms with Crippen molar-refractivity contribution < 1.29 is 9.59 Å². The second-order valence-electron chi connectivity index (χ2n) is 10.4. The number of rotatable bonds is 5. The molecule has 3 amide bonds. The van der Waals surface area contributed by atoms with E-state index in [1.165, 1.54) is 12.8 Å². The van der Waals surface area contributed by atoms with Crippen LogP contribution in [0.3, 0.4) is 0 Å². The largest absolute Gasteiger partial charge is 0.340 e. The van der Waals surface area contributed by atoms with Crippen molar-refractivity contribution in [2.75, 3.05) is 26.2 Å². The number of carbonyl (C=O) groups excluding carboxylic acids is 2. The average molecular weight is 493 g/mol. The predicted molar refractivity (Wildman–Crippen MR) is 132 cm³/mol. The smallest absolute Gasteiger partial charge is 0.327 e. The van der Waals surface area contributed by atoms with E-state index in [1.807, 2.05) is 23.1 Å². The summed E-state index contributed by atoms with van der Waals surface area (Å²) in [4.78, 5) is 49.9. The molecule has 0 spiro atoms. The number of aromatic amines is 2. The van der Waals surface area contributed by atoms with Gasteiger partial charge in [-0.25, -0.2) is 14.6 Å². The molecule has 3 aliphatic rings. The number of hydrogen-bond acceptors (Lipinski definition) is 5. The third-order valence-corrected chi connectivity index (χ3v) is 7.90. The van der Waals surface area contributed by atoms with E-state index in [4.69, 9.17) is 0 Å². The zero-order valence-corrected chi connectivity index (χ0v) is 20.2. The van der Waals surface area contributed by atoms with Crippen molar-refractivity contribution in [1.82, 2.24) is 39.8 Å². The first-order valence-corrected chi connectivity index (χ1v) is 13.0. The number of aromatic nitrogens is 5. The van der Waals surface area contributed by atoms with Gasteiger partial charge >= 0.3 is 11.7 Å². The molecule has 3 N–H and O–H groups in total. The Morgan fingerprint density at radius 2 is 1.89 bits per heavy atom. The number of imidazole rings is 1. The first-order valence-electron chi connectivity index (χ1n) is 13.0. The molecule has 3 aromatic rings. The first kappa shape index (κ1) is 22.8. The Bertz CT molecular complexity index is 1290. The molecule has 6 rings (SSSR count). The van der Waals surface area contributed by atoms with Gasteiger partial charge in [-0.15, -0.1) is 0 Å². The van der Waals surface area contributed by atoms with E-state index in [0.717, 1.165) is 24.2 Å². The molecule has 0 radical (unpaired) electrons. The fourth-order valence-corrected chi connectivity index (χ4v) is 5.71. The van der Waals surface area contributed by atoms with Crippen LogP contribution in [0.5, 0.6) is 0 Å². The van der Waals surface area contributed by atoms with Gasteiger partial charge in [0.1, 0.15) is 6.04 Å². The summed E-state index contributed by atoms with van der Waals surface area (Å²) < 4.78 is 1.76. The fourth-order valence-electron chi connectivity index (χ4n) is 5.71. The number of carbonyl (C=O) groups is 2. The normalized spacial score (nSPS) is 23.7. The summed E-state index contributed by atoms with van der Waals surface area (Å²) >= 11 is 0. The number of pyridine rings is 1. The third-order valence-electron chi connectivity index (χ3n) is 7.90. The number of nitrogens with one attached hydrogen (secondary N) is 3. The number of hydrogen-bond donors (Lipinski definition) is 3. The topological polar surface area (TPSA) is 132 Å². The van der Waals surface area contributed by atoms with Gasteiger partial charge in [0.15, 0.2) is 5.65 Å². The van der Waals surface area contributed by atoms with Crippen LogP contribution in [-0.4, -0.2) is 78.7 Å². The highest BCUT2D eigenvalue weighted by Gasteiger charge is 2.37. The average Bonchev–Trinajstić information content (AvgIpc) is 3.45. The minimum atomic E-state index is -0.524. The van der Waals surface area contributed by atoms with Crippen molar-refractivity contribution in [2.45, 2.75) is 56.5 Å². The monoisotopic (exact) mass is 492 g/mol. The maximum absolute atomic E-state index is 13.4. The number of fused-ring (bicyclic) bond motifs is 1. The number of likely N-dealkylation sites (tertiary alicyclic amines) is 2. The van der Waals surface area contributed by atoms with Crippen molar-refractivity contribution >= 4 is 23.1 Å². The lowest BCUT2D eigenvalue weighted by Crippen LogP contribution is -2.53. The second kappa shape index (κ2) is 9.44. The van der Waals surface area contributed by atoms with Gasteiger partial charge in [0.25, 0.3) is 0 Å². The predicted octanol–water partition coefficient (Wildman–Crippen LogP) is 1.98.